The van der Waals surface area contributed by atoms with Crippen molar-refractivity contribution in [3.8, 4) is 0 Å². The molecule has 0 aromatic carbocycles. The molecule has 0 saturated carbocycles. The van der Waals surface area contributed by atoms with Crippen molar-refractivity contribution in [1.29, 1.82) is 0 Å². The van der Waals surface area contributed by atoms with E-state index in [0.29, 0.717) is 24.8 Å². The van der Waals surface area contributed by atoms with Gasteiger partial charge >= 0.3 is 0 Å². The number of rotatable bonds is 4. The summed E-state index contributed by atoms with van der Waals surface area (Å²) in [5.74, 6) is 1.08. The second-order valence-corrected chi connectivity index (χ2v) is 7.27. The monoisotopic (exact) mass is 269 g/mol. The van der Waals surface area contributed by atoms with Crippen LogP contribution in [-0.2, 0) is 16.4 Å². The van der Waals surface area contributed by atoms with Crippen LogP contribution in [0.5, 0.6) is 0 Å². The molecule has 18 heavy (non-hydrogen) atoms. The van der Waals surface area contributed by atoms with E-state index in [-0.39, 0.29) is 17.4 Å². The lowest BCUT2D eigenvalue weighted by Gasteiger charge is -2.10. The third-order valence-electron chi connectivity index (χ3n) is 3.02. The summed E-state index contributed by atoms with van der Waals surface area (Å²) in [5.41, 5.74) is 0.915. The zero-order valence-corrected chi connectivity index (χ0v) is 11.6. The molecule has 1 atom stereocenters. The van der Waals surface area contributed by atoms with Crippen LogP contribution in [0.25, 0.3) is 0 Å². The van der Waals surface area contributed by atoms with Crippen molar-refractivity contribution in [2.24, 2.45) is 0 Å². The van der Waals surface area contributed by atoms with Gasteiger partial charge in [0, 0.05) is 24.7 Å². The molecule has 100 valence electrons. The van der Waals surface area contributed by atoms with E-state index in [1.807, 2.05) is 6.07 Å². The van der Waals surface area contributed by atoms with Crippen LogP contribution < -0.4 is 5.32 Å². The molecule has 1 fully saturated rings. The lowest BCUT2D eigenvalue weighted by Crippen LogP contribution is -2.23. The summed E-state index contributed by atoms with van der Waals surface area (Å²) in [5, 5.41) is 3.29. The van der Waals surface area contributed by atoms with E-state index in [1.165, 1.54) is 0 Å². The van der Waals surface area contributed by atoms with Gasteiger partial charge in [0.2, 0.25) is 0 Å². The summed E-state index contributed by atoms with van der Waals surface area (Å²) in [7, 11) is -2.88. The highest BCUT2D eigenvalue weighted by Gasteiger charge is 2.30. The summed E-state index contributed by atoms with van der Waals surface area (Å²) >= 11 is 0. The van der Waals surface area contributed by atoms with Crippen LogP contribution in [0.1, 0.15) is 37.7 Å². The maximum atomic E-state index is 11.4. The minimum atomic E-state index is -2.88. The zero-order chi connectivity index (χ0) is 13.2. The van der Waals surface area contributed by atoms with E-state index in [4.69, 9.17) is 0 Å². The molecule has 2 heterocycles. The standard InChI is InChI=1S/C12H19N3O2S/c1-9(2)14-7-11-3-5-13-12(15-11)10-4-6-18(16,17)8-10/h3,5,9-10,14H,4,6-8H2,1-2H3. The van der Waals surface area contributed by atoms with Gasteiger partial charge in [0.25, 0.3) is 0 Å². The van der Waals surface area contributed by atoms with Crippen molar-refractivity contribution in [1.82, 2.24) is 15.3 Å². The lowest BCUT2D eigenvalue weighted by molar-refractivity contribution is 0.575. The molecule has 1 unspecified atom stereocenters. The smallest absolute Gasteiger partial charge is 0.151 e. The first-order valence-corrected chi connectivity index (χ1v) is 8.04. The van der Waals surface area contributed by atoms with Gasteiger partial charge in [0.1, 0.15) is 5.82 Å². The molecule has 1 aromatic heterocycles. The molecule has 0 radical (unpaired) electrons. The SMILES string of the molecule is CC(C)NCc1ccnc(C2CCS(=O)(=O)C2)n1. The molecule has 1 aliphatic rings. The molecular formula is C12H19N3O2S. The summed E-state index contributed by atoms with van der Waals surface area (Å²) in [6.07, 6.45) is 2.36. The Kier molecular flexibility index (Phi) is 3.97. The highest BCUT2D eigenvalue weighted by atomic mass is 32.2. The van der Waals surface area contributed by atoms with E-state index in [2.05, 4.69) is 29.1 Å². The van der Waals surface area contributed by atoms with Crippen molar-refractivity contribution in [2.75, 3.05) is 11.5 Å². The fraction of sp³-hybridized carbons (Fsp3) is 0.667. The van der Waals surface area contributed by atoms with Crippen LogP contribution in [0.4, 0.5) is 0 Å². The van der Waals surface area contributed by atoms with Crippen molar-refractivity contribution in [3.63, 3.8) is 0 Å². The highest BCUT2D eigenvalue weighted by molar-refractivity contribution is 7.91. The van der Waals surface area contributed by atoms with Gasteiger partial charge in [-0.05, 0) is 12.5 Å². The van der Waals surface area contributed by atoms with E-state index < -0.39 is 9.84 Å². The molecule has 5 nitrogen and oxygen atoms in total. The van der Waals surface area contributed by atoms with Gasteiger partial charge in [0.15, 0.2) is 9.84 Å². The quantitative estimate of drug-likeness (QED) is 0.878. The number of nitrogens with zero attached hydrogens (tertiary/aromatic N) is 2. The molecule has 1 aromatic rings. The molecule has 6 heteroatoms. The Morgan fingerprint density at radius 3 is 2.89 bits per heavy atom. The number of aromatic nitrogens is 2. The largest absolute Gasteiger partial charge is 0.309 e. The Morgan fingerprint density at radius 1 is 1.50 bits per heavy atom. The molecule has 0 aliphatic carbocycles. The third kappa shape index (κ3) is 3.49. The molecule has 0 bridgehead atoms. The van der Waals surface area contributed by atoms with Gasteiger partial charge in [-0.1, -0.05) is 13.8 Å². The van der Waals surface area contributed by atoms with E-state index in [0.717, 1.165) is 5.69 Å². The highest BCUT2D eigenvalue weighted by Crippen LogP contribution is 2.26. The summed E-state index contributed by atoms with van der Waals surface area (Å²) in [4.78, 5) is 8.66. The molecule has 0 amide bonds. The van der Waals surface area contributed by atoms with Gasteiger partial charge in [-0.25, -0.2) is 18.4 Å². The van der Waals surface area contributed by atoms with Gasteiger partial charge in [-0.2, -0.15) is 0 Å². The minimum absolute atomic E-state index is 0.0333. The van der Waals surface area contributed by atoms with E-state index in [1.54, 1.807) is 6.20 Å². The molecule has 1 saturated heterocycles. The van der Waals surface area contributed by atoms with Crippen LogP contribution in [0.3, 0.4) is 0 Å². The second-order valence-electron chi connectivity index (χ2n) is 5.04. The van der Waals surface area contributed by atoms with Crippen LogP contribution in [0.2, 0.25) is 0 Å². The van der Waals surface area contributed by atoms with Crippen molar-refractivity contribution in [3.05, 3.63) is 23.8 Å². The Labute approximate surface area is 108 Å². The van der Waals surface area contributed by atoms with Crippen molar-refractivity contribution in [2.45, 2.75) is 38.8 Å². The van der Waals surface area contributed by atoms with Gasteiger partial charge in [-0.15, -0.1) is 0 Å². The predicted octanol–water partition coefficient (Wildman–Crippen LogP) is 0.877. The second kappa shape index (κ2) is 5.32. The van der Waals surface area contributed by atoms with Crippen LogP contribution >= 0.6 is 0 Å². The summed E-state index contributed by atoms with van der Waals surface area (Å²) in [6, 6.07) is 2.26. The summed E-state index contributed by atoms with van der Waals surface area (Å²) in [6.45, 7) is 4.84. The number of sulfone groups is 1. The Bertz CT molecular complexity index is 514. The maximum Gasteiger partial charge on any atom is 0.151 e. The first kappa shape index (κ1) is 13.4. The molecular weight excluding hydrogens is 250 g/mol. The minimum Gasteiger partial charge on any atom is -0.309 e. The predicted molar refractivity (Wildman–Crippen MR) is 70.0 cm³/mol. The lowest BCUT2D eigenvalue weighted by atomic mass is 10.1. The molecule has 0 spiro atoms. The average molecular weight is 269 g/mol. The number of hydrogen-bond acceptors (Lipinski definition) is 5. The molecule has 1 N–H and O–H groups in total. The first-order valence-electron chi connectivity index (χ1n) is 6.22. The number of nitrogens with one attached hydrogen (secondary N) is 1. The third-order valence-corrected chi connectivity index (χ3v) is 4.79. The fourth-order valence-corrected chi connectivity index (χ4v) is 3.75. The zero-order valence-electron chi connectivity index (χ0n) is 10.8. The van der Waals surface area contributed by atoms with Gasteiger partial charge in [0.05, 0.1) is 17.2 Å². The van der Waals surface area contributed by atoms with E-state index in [9.17, 15) is 8.42 Å². The van der Waals surface area contributed by atoms with Crippen molar-refractivity contribution < 1.29 is 8.42 Å². The first-order chi connectivity index (χ1) is 8.46. The maximum absolute atomic E-state index is 11.4. The molecule has 2 rings (SSSR count). The fourth-order valence-electron chi connectivity index (χ4n) is 2.02. The van der Waals surface area contributed by atoms with Crippen molar-refractivity contribution >= 4 is 9.84 Å². The Balaban J connectivity index is 2.08. The van der Waals surface area contributed by atoms with Crippen LogP contribution in [-0.4, -0.2) is 35.9 Å². The summed E-state index contributed by atoms with van der Waals surface area (Å²) < 4.78 is 22.9. The van der Waals surface area contributed by atoms with E-state index >= 15 is 0 Å². The Morgan fingerprint density at radius 2 is 2.28 bits per heavy atom. The Hall–Kier alpha value is -1.01. The topological polar surface area (TPSA) is 72.0 Å². The van der Waals surface area contributed by atoms with Crippen LogP contribution in [0, 0.1) is 0 Å². The normalized spacial score (nSPS) is 22.5. The van der Waals surface area contributed by atoms with Crippen LogP contribution in [0.15, 0.2) is 12.3 Å². The number of hydrogen-bond donors (Lipinski definition) is 1. The average Bonchev–Trinajstić information content (AvgIpc) is 2.67. The van der Waals surface area contributed by atoms with Gasteiger partial charge in [-0.3, -0.25) is 0 Å². The molecule has 1 aliphatic heterocycles. The van der Waals surface area contributed by atoms with Gasteiger partial charge < -0.3 is 5.32 Å².